The van der Waals surface area contributed by atoms with Crippen molar-refractivity contribution >= 4 is 23.1 Å². The first kappa shape index (κ1) is 13.7. The van der Waals surface area contributed by atoms with Crippen molar-refractivity contribution in [2.45, 2.75) is 6.42 Å². The molecular formula is C14H16N4O2S. The summed E-state index contributed by atoms with van der Waals surface area (Å²) in [5, 5.41) is 8.02. The van der Waals surface area contributed by atoms with Crippen LogP contribution in [0.1, 0.15) is 5.56 Å². The van der Waals surface area contributed by atoms with Crippen molar-refractivity contribution in [2.24, 2.45) is 5.73 Å². The van der Waals surface area contributed by atoms with Crippen molar-refractivity contribution < 1.29 is 9.47 Å². The average molecular weight is 304 g/mol. The van der Waals surface area contributed by atoms with E-state index in [2.05, 4.69) is 10.4 Å². The van der Waals surface area contributed by atoms with Gasteiger partial charge in [0.1, 0.15) is 17.3 Å². The second-order valence-electron chi connectivity index (χ2n) is 4.70. The molecule has 3 N–H and O–H groups in total. The third-order valence-corrected chi connectivity index (χ3v) is 3.66. The Hall–Kier alpha value is -2.28. The monoisotopic (exact) mass is 304 g/mol. The summed E-state index contributed by atoms with van der Waals surface area (Å²) in [4.78, 5) is 0. The Bertz CT molecular complexity index is 689. The molecular weight excluding hydrogens is 288 g/mol. The maximum Gasteiger partial charge on any atom is 0.193 e. The molecule has 0 fully saturated rings. The number of fused-ring (bicyclic) bond motifs is 1. The number of benzene rings is 1. The number of hydrogen-bond acceptors (Lipinski definition) is 5. The fourth-order valence-corrected chi connectivity index (χ4v) is 2.64. The van der Waals surface area contributed by atoms with Gasteiger partial charge in [-0.3, -0.25) is 0 Å². The van der Waals surface area contributed by atoms with Gasteiger partial charge in [0.05, 0.1) is 19.9 Å². The van der Waals surface area contributed by atoms with Crippen LogP contribution in [0.3, 0.4) is 0 Å². The Morgan fingerprint density at radius 3 is 2.52 bits per heavy atom. The number of methoxy groups -OCH3 is 2. The van der Waals surface area contributed by atoms with E-state index in [1.54, 1.807) is 18.9 Å². The van der Waals surface area contributed by atoms with E-state index in [0.717, 1.165) is 35.6 Å². The summed E-state index contributed by atoms with van der Waals surface area (Å²) < 4.78 is 12.2. The summed E-state index contributed by atoms with van der Waals surface area (Å²) in [7, 11) is 3.25. The lowest BCUT2D eigenvalue weighted by atomic mass is 10.1. The van der Waals surface area contributed by atoms with E-state index in [9.17, 15) is 0 Å². The number of nitrogens with one attached hydrogen (secondary N) is 1. The van der Waals surface area contributed by atoms with Gasteiger partial charge in [-0.1, -0.05) is 0 Å². The van der Waals surface area contributed by atoms with Crippen LogP contribution in [0, 0.1) is 0 Å². The molecule has 0 bridgehead atoms. The molecule has 0 saturated heterocycles. The van der Waals surface area contributed by atoms with Crippen molar-refractivity contribution in [3.8, 4) is 22.8 Å². The number of rotatable bonds is 3. The topological polar surface area (TPSA) is 74.3 Å². The molecule has 21 heavy (non-hydrogen) atoms. The summed E-state index contributed by atoms with van der Waals surface area (Å²) in [6, 6.07) is 5.67. The molecule has 2 aromatic rings. The molecule has 0 radical (unpaired) electrons. The third kappa shape index (κ3) is 2.29. The van der Waals surface area contributed by atoms with Crippen molar-refractivity contribution in [1.82, 2.24) is 9.78 Å². The van der Waals surface area contributed by atoms with Crippen LogP contribution in [0.15, 0.2) is 18.2 Å². The van der Waals surface area contributed by atoms with E-state index in [1.165, 1.54) is 0 Å². The maximum atomic E-state index is 5.73. The minimum atomic E-state index is 0.224. The van der Waals surface area contributed by atoms with E-state index in [0.29, 0.717) is 11.5 Å². The normalized spacial score (nSPS) is 12.7. The lowest BCUT2D eigenvalue weighted by Gasteiger charge is -2.07. The van der Waals surface area contributed by atoms with Crippen LogP contribution in [-0.4, -0.2) is 35.7 Å². The van der Waals surface area contributed by atoms with E-state index in [-0.39, 0.29) is 5.11 Å². The fourth-order valence-electron chi connectivity index (χ4n) is 2.51. The van der Waals surface area contributed by atoms with Gasteiger partial charge in [-0.05, 0) is 30.8 Å². The number of hydrogen-bond donors (Lipinski definition) is 2. The molecule has 1 aliphatic rings. The molecule has 0 aliphatic carbocycles. The highest BCUT2D eigenvalue weighted by molar-refractivity contribution is 7.80. The highest BCUT2D eigenvalue weighted by Gasteiger charge is 2.24. The number of aromatic nitrogens is 2. The first-order chi connectivity index (χ1) is 10.1. The Kier molecular flexibility index (Phi) is 3.42. The Morgan fingerprint density at radius 2 is 1.95 bits per heavy atom. The van der Waals surface area contributed by atoms with Crippen LogP contribution >= 0.6 is 12.2 Å². The number of nitrogens with zero attached hydrogens (tertiary/aromatic N) is 2. The zero-order valence-electron chi connectivity index (χ0n) is 11.8. The third-order valence-electron chi connectivity index (χ3n) is 3.48. The number of nitrogens with two attached hydrogens (primary N) is 1. The van der Waals surface area contributed by atoms with E-state index >= 15 is 0 Å². The molecule has 0 unspecified atom stereocenters. The molecule has 3 rings (SSSR count). The summed E-state index contributed by atoms with van der Waals surface area (Å²) in [6.07, 6.45) is 0.882. The number of ether oxygens (including phenoxy) is 2. The average Bonchev–Trinajstić information content (AvgIpc) is 3.08. The summed E-state index contributed by atoms with van der Waals surface area (Å²) >= 11 is 5.05. The highest BCUT2D eigenvalue weighted by atomic mass is 32.1. The van der Waals surface area contributed by atoms with Crippen LogP contribution in [-0.2, 0) is 6.42 Å². The molecule has 6 nitrogen and oxygen atoms in total. The van der Waals surface area contributed by atoms with Gasteiger partial charge in [0.15, 0.2) is 5.11 Å². The standard InChI is InChI=1S/C14H16N4O2S/c1-19-9-5-8(6-10(7-9)20-2)12-11-3-4-16-13(11)18(17-12)14(15)21/h5-7,16H,3-4H2,1-2H3,(H2,15,21). The molecule has 1 aromatic heterocycles. The predicted molar refractivity (Wildman–Crippen MR) is 85.1 cm³/mol. The number of thiocarbonyl (C=S) groups is 1. The maximum absolute atomic E-state index is 5.73. The van der Waals surface area contributed by atoms with Crippen LogP contribution in [0.25, 0.3) is 11.3 Å². The van der Waals surface area contributed by atoms with Crippen LogP contribution in [0.4, 0.5) is 5.82 Å². The lowest BCUT2D eigenvalue weighted by Crippen LogP contribution is -2.22. The van der Waals surface area contributed by atoms with Gasteiger partial charge in [0, 0.05) is 23.7 Å². The van der Waals surface area contributed by atoms with Crippen LogP contribution < -0.4 is 20.5 Å². The minimum Gasteiger partial charge on any atom is -0.497 e. The van der Waals surface area contributed by atoms with Gasteiger partial charge in [0.2, 0.25) is 0 Å². The quantitative estimate of drug-likeness (QED) is 0.840. The highest BCUT2D eigenvalue weighted by Crippen LogP contribution is 2.36. The second-order valence-corrected chi connectivity index (χ2v) is 5.12. The Balaban J connectivity index is 2.17. The molecule has 0 atom stereocenters. The summed E-state index contributed by atoms with van der Waals surface area (Å²) in [5.41, 5.74) is 8.61. The Labute approximate surface area is 127 Å². The minimum absolute atomic E-state index is 0.224. The van der Waals surface area contributed by atoms with E-state index in [4.69, 9.17) is 27.4 Å². The van der Waals surface area contributed by atoms with Crippen molar-refractivity contribution in [3.05, 3.63) is 23.8 Å². The van der Waals surface area contributed by atoms with Gasteiger partial charge in [-0.2, -0.15) is 9.78 Å². The Morgan fingerprint density at radius 1 is 1.29 bits per heavy atom. The molecule has 2 heterocycles. The van der Waals surface area contributed by atoms with Gasteiger partial charge >= 0.3 is 0 Å². The molecule has 0 saturated carbocycles. The van der Waals surface area contributed by atoms with Crippen LogP contribution in [0.2, 0.25) is 0 Å². The number of anilines is 1. The first-order valence-electron chi connectivity index (χ1n) is 6.53. The molecule has 0 spiro atoms. The van der Waals surface area contributed by atoms with E-state index < -0.39 is 0 Å². The first-order valence-corrected chi connectivity index (χ1v) is 6.94. The van der Waals surface area contributed by atoms with Gasteiger partial charge in [-0.15, -0.1) is 0 Å². The summed E-state index contributed by atoms with van der Waals surface area (Å²) in [6.45, 7) is 0.851. The van der Waals surface area contributed by atoms with Gasteiger partial charge in [0.25, 0.3) is 0 Å². The second kappa shape index (κ2) is 5.25. The lowest BCUT2D eigenvalue weighted by molar-refractivity contribution is 0.394. The van der Waals surface area contributed by atoms with Gasteiger partial charge in [-0.25, -0.2) is 0 Å². The summed E-state index contributed by atoms with van der Waals surface area (Å²) in [5.74, 6) is 2.31. The molecule has 7 heteroatoms. The zero-order chi connectivity index (χ0) is 15.0. The molecule has 1 aliphatic heterocycles. The fraction of sp³-hybridized carbons (Fsp3) is 0.286. The van der Waals surface area contributed by atoms with Crippen molar-refractivity contribution in [2.75, 3.05) is 26.1 Å². The van der Waals surface area contributed by atoms with E-state index in [1.807, 2.05) is 18.2 Å². The molecule has 1 aromatic carbocycles. The van der Waals surface area contributed by atoms with Crippen molar-refractivity contribution in [1.29, 1.82) is 0 Å². The predicted octanol–water partition coefficient (Wildman–Crippen LogP) is 1.63. The largest absolute Gasteiger partial charge is 0.497 e. The molecule has 0 amide bonds. The van der Waals surface area contributed by atoms with Gasteiger partial charge < -0.3 is 20.5 Å². The SMILES string of the molecule is COc1cc(OC)cc(-c2nn(C(N)=S)c3c2CCN3)c1. The smallest absolute Gasteiger partial charge is 0.193 e. The van der Waals surface area contributed by atoms with Crippen molar-refractivity contribution in [3.63, 3.8) is 0 Å². The van der Waals surface area contributed by atoms with Crippen LogP contribution in [0.5, 0.6) is 11.5 Å². The zero-order valence-corrected chi connectivity index (χ0v) is 12.7. The molecule has 110 valence electrons.